The van der Waals surface area contributed by atoms with Gasteiger partial charge in [0.05, 0.1) is 12.2 Å². The summed E-state index contributed by atoms with van der Waals surface area (Å²) in [6, 6.07) is 19.0. The second-order valence-electron chi connectivity index (χ2n) is 6.20. The van der Waals surface area contributed by atoms with E-state index in [2.05, 4.69) is 25.9 Å². The van der Waals surface area contributed by atoms with Crippen LogP contribution in [0.15, 0.2) is 77.9 Å². The zero-order chi connectivity index (χ0) is 20.8. The van der Waals surface area contributed by atoms with Gasteiger partial charge in [-0.1, -0.05) is 24.3 Å². The lowest BCUT2D eigenvalue weighted by molar-refractivity contribution is 0.101. The first-order valence-electron chi connectivity index (χ1n) is 9.10. The molecule has 2 aromatic carbocycles. The number of nitrogens with one attached hydrogen (secondary N) is 1. The molecular weight excluding hydrogens is 386 g/mol. The molecule has 0 spiro atoms. The van der Waals surface area contributed by atoms with Crippen LogP contribution in [0, 0.1) is 0 Å². The minimum absolute atomic E-state index is 0.113. The fourth-order valence-corrected chi connectivity index (χ4v) is 2.70. The Bertz CT molecular complexity index is 1190. The molecule has 0 unspecified atom stereocenters. The Kier molecular flexibility index (Phi) is 5.56. The smallest absolute Gasteiger partial charge is 0.276 e. The van der Waals surface area contributed by atoms with Crippen molar-refractivity contribution in [3.05, 3.63) is 89.1 Å². The van der Waals surface area contributed by atoms with E-state index < -0.39 is 5.91 Å². The van der Waals surface area contributed by atoms with Gasteiger partial charge in [-0.15, -0.1) is 5.10 Å². The Morgan fingerprint density at radius 2 is 1.90 bits per heavy atom. The molecule has 4 aromatic rings. The number of carbonyl (C=O) groups excluding carboxylic acids is 1. The molecule has 10 nitrogen and oxygen atoms in total. The highest BCUT2D eigenvalue weighted by atomic mass is 16.5. The molecule has 1 N–H and O–H groups in total. The van der Waals surface area contributed by atoms with Gasteiger partial charge in [-0.25, -0.2) is 9.36 Å². The second-order valence-corrected chi connectivity index (χ2v) is 6.20. The van der Waals surface area contributed by atoms with Gasteiger partial charge < -0.3 is 10.1 Å². The number of nitrogens with zero attached hydrogens (tertiary/aromatic N) is 6. The average Bonchev–Trinajstić information content (AvgIpc) is 3.31. The van der Waals surface area contributed by atoms with Gasteiger partial charge in [-0.2, -0.15) is 5.10 Å². The molecule has 0 fully saturated rings. The summed E-state index contributed by atoms with van der Waals surface area (Å²) < 4.78 is 8.27. The highest BCUT2D eigenvalue weighted by Gasteiger charge is 2.11. The summed E-state index contributed by atoms with van der Waals surface area (Å²) in [6.45, 7) is 0.458. The zero-order valence-electron chi connectivity index (χ0n) is 15.8. The van der Waals surface area contributed by atoms with Gasteiger partial charge in [0.2, 0.25) is 0 Å². The maximum absolute atomic E-state index is 12.6. The van der Waals surface area contributed by atoms with Gasteiger partial charge in [0.15, 0.2) is 0 Å². The van der Waals surface area contributed by atoms with Gasteiger partial charge in [0.25, 0.3) is 11.5 Å². The Morgan fingerprint density at radius 1 is 1.03 bits per heavy atom. The summed E-state index contributed by atoms with van der Waals surface area (Å²) in [5.74, 6) is 0.253. The third-order valence-corrected chi connectivity index (χ3v) is 4.13. The number of aromatic nitrogens is 6. The van der Waals surface area contributed by atoms with Crippen LogP contribution in [-0.2, 0) is 6.54 Å². The molecule has 0 aliphatic rings. The van der Waals surface area contributed by atoms with E-state index >= 15 is 0 Å². The molecule has 0 radical (unpaired) electrons. The monoisotopic (exact) mass is 403 g/mol. The molecule has 30 heavy (non-hydrogen) atoms. The third-order valence-electron chi connectivity index (χ3n) is 4.13. The standard InChI is InChI=1S/C20H17N7O3/c28-19-10-9-18(23-26(19)11-12-30-17-7-2-1-3-8-17)20(29)22-15-5-4-6-16(13-15)27-14-21-24-25-27/h1-10,13-14H,11-12H2,(H,22,29). The molecule has 0 atom stereocenters. The predicted molar refractivity (Wildman–Crippen MR) is 108 cm³/mol. The minimum atomic E-state index is -0.443. The molecule has 0 bridgehead atoms. The second kappa shape index (κ2) is 8.78. The summed E-state index contributed by atoms with van der Waals surface area (Å²) >= 11 is 0. The van der Waals surface area contributed by atoms with Crippen molar-refractivity contribution in [2.45, 2.75) is 6.54 Å². The van der Waals surface area contributed by atoms with Crippen molar-refractivity contribution in [2.24, 2.45) is 0 Å². The highest BCUT2D eigenvalue weighted by molar-refractivity contribution is 6.02. The fraction of sp³-hybridized carbons (Fsp3) is 0.100. The molecule has 0 aliphatic carbocycles. The number of hydrogen-bond acceptors (Lipinski definition) is 7. The lowest BCUT2D eigenvalue weighted by Gasteiger charge is -2.10. The van der Waals surface area contributed by atoms with Crippen LogP contribution in [0.25, 0.3) is 5.69 Å². The van der Waals surface area contributed by atoms with Gasteiger partial charge in [0.1, 0.15) is 24.4 Å². The van der Waals surface area contributed by atoms with E-state index in [-0.39, 0.29) is 24.4 Å². The fourth-order valence-electron chi connectivity index (χ4n) is 2.70. The van der Waals surface area contributed by atoms with E-state index in [4.69, 9.17) is 4.74 Å². The molecular formula is C20H17N7O3. The first-order chi connectivity index (χ1) is 14.7. The van der Waals surface area contributed by atoms with Gasteiger partial charge in [-0.05, 0) is 46.8 Å². The lowest BCUT2D eigenvalue weighted by Crippen LogP contribution is -2.28. The number of ether oxygens (including phenoxy) is 1. The van der Waals surface area contributed by atoms with Crippen LogP contribution >= 0.6 is 0 Å². The molecule has 0 saturated carbocycles. The van der Waals surface area contributed by atoms with Gasteiger partial charge in [0, 0.05) is 11.8 Å². The van der Waals surface area contributed by atoms with Gasteiger partial charge in [-0.3, -0.25) is 9.59 Å². The van der Waals surface area contributed by atoms with Crippen molar-refractivity contribution in [1.82, 2.24) is 30.0 Å². The van der Waals surface area contributed by atoms with Crippen LogP contribution in [0.5, 0.6) is 5.75 Å². The number of amides is 1. The molecule has 10 heteroatoms. The molecule has 0 saturated heterocycles. The molecule has 2 heterocycles. The molecule has 150 valence electrons. The number of carbonyl (C=O) groups is 1. The van der Waals surface area contributed by atoms with Gasteiger partial charge >= 0.3 is 0 Å². The summed E-state index contributed by atoms with van der Waals surface area (Å²) in [7, 11) is 0. The maximum atomic E-state index is 12.6. The Balaban J connectivity index is 1.44. The van der Waals surface area contributed by atoms with E-state index in [1.807, 2.05) is 30.3 Å². The highest BCUT2D eigenvalue weighted by Crippen LogP contribution is 2.14. The van der Waals surface area contributed by atoms with Crippen LogP contribution in [0.1, 0.15) is 10.5 Å². The van der Waals surface area contributed by atoms with Crippen molar-refractivity contribution in [3.8, 4) is 11.4 Å². The van der Waals surface area contributed by atoms with E-state index in [1.54, 1.807) is 24.3 Å². The van der Waals surface area contributed by atoms with Crippen LogP contribution in [0.2, 0.25) is 0 Å². The minimum Gasteiger partial charge on any atom is -0.492 e. The zero-order valence-corrected chi connectivity index (χ0v) is 15.8. The Hall–Kier alpha value is -4.34. The third kappa shape index (κ3) is 4.55. The first kappa shape index (κ1) is 19.0. The number of anilines is 1. The van der Waals surface area contributed by atoms with E-state index in [0.29, 0.717) is 17.1 Å². The Labute approximate surface area is 170 Å². The summed E-state index contributed by atoms with van der Waals surface area (Å²) in [6.07, 6.45) is 1.45. The maximum Gasteiger partial charge on any atom is 0.276 e. The van der Waals surface area contributed by atoms with E-state index in [1.165, 1.54) is 27.8 Å². The summed E-state index contributed by atoms with van der Waals surface area (Å²) in [5, 5.41) is 17.9. The molecule has 2 aromatic heterocycles. The first-order valence-corrected chi connectivity index (χ1v) is 9.10. The SMILES string of the molecule is O=C(Nc1cccc(-n2cnnn2)c1)c1ccc(=O)n(CCOc2ccccc2)n1. The van der Waals surface area contributed by atoms with Crippen LogP contribution in [-0.4, -0.2) is 42.5 Å². The lowest BCUT2D eigenvalue weighted by atomic mass is 10.2. The van der Waals surface area contributed by atoms with E-state index in [9.17, 15) is 9.59 Å². The van der Waals surface area contributed by atoms with Crippen LogP contribution in [0.3, 0.4) is 0 Å². The Morgan fingerprint density at radius 3 is 2.70 bits per heavy atom. The molecule has 4 rings (SSSR count). The van der Waals surface area contributed by atoms with Crippen molar-refractivity contribution in [2.75, 3.05) is 11.9 Å². The van der Waals surface area contributed by atoms with E-state index in [0.717, 1.165) is 0 Å². The normalized spacial score (nSPS) is 10.5. The average molecular weight is 403 g/mol. The topological polar surface area (TPSA) is 117 Å². The number of benzene rings is 2. The summed E-state index contributed by atoms with van der Waals surface area (Å²) in [5.41, 5.74) is 1.03. The number of hydrogen-bond donors (Lipinski definition) is 1. The van der Waals surface area contributed by atoms with Crippen molar-refractivity contribution >= 4 is 11.6 Å². The number of tetrazole rings is 1. The van der Waals surface area contributed by atoms with Crippen LogP contribution < -0.4 is 15.6 Å². The molecule has 1 amide bonds. The van der Waals surface area contributed by atoms with Crippen LogP contribution in [0.4, 0.5) is 5.69 Å². The number of rotatable bonds is 7. The number of para-hydroxylation sites is 1. The largest absolute Gasteiger partial charge is 0.492 e. The van der Waals surface area contributed by atoms with Crippen molar-refractivity contribution < 1.29 is 9.53 Å². The van der Waals surface area contributed by atoms with Crippen molar-refractivity contribution in [1.29, 1.82) is 0 Å². The predicted octanol–water partition coefficient (Wildman–Crippen LogP) is 1.55. The molecule has 0 aliphatic heterocycles. The van der Waals surface area contributed by atoms with Crippen molar-refractivity contribution in [3.63, 3.8) is 0 Å². The quantitative estimate of drug-likeness (QED) is 0.497. The summed E-state index contributed by atoms with van der Waals surface area (Å²) in [4.78, 5) is 24.7.